The Hall–Kier alpha value is -1.35. The fourth-order valence-electron chi connectivity index (χ4n) is 1.06. The van der Waals surface area contributed by atoms with Crippen LogP contribution in [-0.2, 0) is 0 Å². The quantitative estimate of drug-likeness (QED) is 0.707. The molecule has 74 valence electrons. The van der Waals surface area contributed by atoms with Crippen LogP contribution in [-0.4, -0.2) is 26.0 Å². The molecule has 0 heterocycles. The van der Waals surface area contributed by atoms with Crippen molar-refractivity contribution in [3.63, 3.8) is 0 Å². The summed E-state index contributed by atoms with van der Waals surface area (Å²) < 4.78 is 5.05. The molecule has 0 saturated heterocycles. The molecule has 4 heteroatoms. The van der Waals surface area contributed by atoms with Crippen molar-refractivity contribution in [2.75, 3.05) is 14.2 Å². The molecular formula is C10H11ClN2O. The third kappa shape index (κ3) is 2.12. The Morgan fingerprint density at radius 2 is 2.21 bits per heavy atom. The van der Waals surface area contributed by atoms with E-state index in [1.54, 1.807) is 32.4 Å². The van der Waals surface area contributed by atoms with Crippen LogP contribution in [0.15, 0.2) is 28.2 Å². The Labute approximate surface area is 88.1 Å². The molecule has 3 nitrogen and oxygen atoms in total. The minimum atomic E-state index is 0.412. The fraction of sp³-hybridized carbons (Fsp3) is 0.200. The van der Waals surface area contributed by atoms with Gasteiger partial charge in [0.25, 0.3) is 0 Å². The second-order valence-electron chi connectivity index (χ2n) is 2.56. The van der Waals surface area contributed by atoms with Gasteiger partial charge in [-0.05, 0) is 18.9 Å². The van der Waals surface area contributed by atoms with Gasteiger partial charge in [-0.2, -0.15) is 0 Å². The average molecular weight is 211 g/mol. The van der Waals surface area contributed by atoms with E-state index in [1.165, 1.54) is 0 Å². The second kappa shape index (κ2) is 4.77. The lowest BCUT2D eigenvalue weighted by molar-refractivity contribution is 0.415. The lowest BCUT2D eigenvalue weighted by Gasteiger charge is -2.05. The van der Waals surface area contributed by atoms with Crippen molar-refractivity contribution in [2.24, 2.45) is 9.98 Å². The topological polar surface area (TPSA) is 34.0 Å². The van der Waals surface area contributed by atoms with Crippen LogP contribution in [0.1, 0.15) is 5.56 Å². The molecule has 1 aromatic carbocycles. The number of halogens is 1. The molecule has 0 aliphatic rings. The Morgan fingerprint density at radius 3 is 2.71 bits per heavy atom. The number of ether oxygens (including phenoxy) is 1. The molecule has 0 unspecified atom stereocenters. The van der Waals surface area contributed by atoms with Crippen LogP contribution in [0.25, 0.3) is 0 Å². The van der Waals surface area contributed by atoms with Crippen LogP contribution < -0.4 is 4.74 Å². The summed E-state index contributed by atoms with van der Waals surface area (Å²) in [4.78, 5) is 7.73. The van der Waals surface area contributed by atoms with Gasteiger partial charge >= 0.3 is 0 Å². The lowest BCUT2D eigenvalue weighted by Crippen LogP contribution is -1.92. The molecule has 0 spiro atoms. The molecule has 0 atom stereocenters. The van der Waals surface area contributed by atoms with E-state index in [1.807, 2.05) is 0 Å². The van der Waals surface area contributed by atoms with Crippen molar-refractivity contribution in [1.29, 1.82) is 0 Å². The molecule has 1 rings (SSSR count). The molecule has 0 radical (unpaired) electrons. The van der Waals surface area contributed by atoms with Crippen LogP contribution >= 0.6 is 11.6 Å². The summed E-state index contributed by atoms with van der Waals surface area (Å²) in [6, 6.07) is 5.37. The molecule has 0 N–H and O–H groups in total. The number of hydrogen-bond donors (Lipinski definition) is 0. The van der Waals surface area contributed by atoms with E-state index < -0.39 is 0 Å². The largest absolute Gasteiger partial charge is 0.497 e. The predicted molar refractivity (Wildman–Crippen MR) is 60.5 cm³/mol. The Morgan fingerprint density at radius 1 is 1.50 bits per heavy atom. The van der Waals surface area contributed by atoms with Gasteiger partial charge < -0.3 is 4.74 Å². The summed E-state index contributed by atoms with van der Waals surface area (Å²) in [7, 11) is 3.22. The van der Waals surface area contributed by atoms with E-state index in [-0.39, 0.29) is 0 Å². The molecule has 0 amide bonds. The van der Waals surface area contributed by atoms with E-state index in [2.05, 4.69) is 16.7 Å². The molecular weight excluding hydrogens is 200 g/mol. The summed E-state index contributed by atoms with van der Waals surface area (Å²) >= 11 is 5.89. The lowest BCUT2D eigenvalue weighted by atomic mass is 10.2. The van der Waals surface area contributed by atoms with Crippen molar-refractivity contribution in [3.05, 3.63) is 23.8 Å². The second-order valence-corrected chi connectivity index (χ2v) is 2.91. The molecule has 0 aromatic heterocycles. The maximum Gasteiger partial charge on any atom is 0.132 e. The number of hydrogen-bond acceptors (Lipinski definition) is 3. The molecule has 0 aliphatic heterocycles. The van der Waals surface area contributed by atoms with Gasteiger partial charge in [0.1, 0.15) is 10.9 Å². The Kier molecular flexibility index (Phi) is 3.65. The van der Waals surface area contributed by atoms with E-state index in [0.717, 1.165) is 11.3 Å². The first-order chi connectivity index (χ1) is 6.72. The normalized spacial score (nSPS) is 11.2. The van der Waals surface area contributed by atoms with Crippen LogP contribution in [0.2, 0.25) is 0 Å². The van der Waals surface area contributed by atoms with Gasteiger partial charge in [0.05, 0.1) is 12.8 Å². The zero-order chi connectivity index (χ0) is 10.6. The highest BCUT2D eigenvalue weighted by Crippen LogP contribution is 2.26. The Bertz CT molecular complexity index is 374. The molecule has 0 fully saturated rings. The third-order valence-corrected chi connectivity index (χ3v) is 2.17. The van der Waals surface area contributed by atoms with Crippen molar-refractivity contribution >= 4 is 29.2 Å². The van der Waals surface area contributed by atoms with Crippen molar-refractivity contribution in [2.45, 2.75) is 0 Å². The highest BCUT2D eigenvalue weighted by molar-refractivity contribution is 6.70. The summed E-state index contributed by atoms with van der Waals surface area (Å²) in [5.74, 6) is 0.719. The van der Waals surface area contributed by atoms with E-state index in [0.29, 0.717) is 10.9 Å². The minimum Gasteiger partial charge on any atom is -0.497 e. The van der Waals surface area contributed by atoms with Gasteiger partial charge in [0, 0.05) is 18.7 Å². The molecule has 0 saturated carbocycles. The maximum absolute atomic E-state index is 5.89. The number of nitrogens with zero attached hydrogens (tertiary/aromatic N) is 2. The number of benzene rings is 1. The van der Waals surface area contributed by atoms with Crippen LogP contribution in [0.4, 0.5) is 5.69 Å². The third-order valence-electron chi connectivity index (χ3n) is 1.79. The summed E-state index contributed by atoms with van der Waals surface area (Å²) in [5.41, 5.74) is 1.42. The minimum absolute atomic E-state index is 0.412. The first-order valence-electron chi connectivity index (χ1n) is 4.00. The van der Waals surface area contributed by atoms with Crippen molar-refractivity contribution in [1.82, 2.24) is 0 Å². The maximum atomic E-state index is 5.89. The molecule has 0 aliphatic carbocycles. The van der Waals surface area contributed by atoms with E-state index >= 15 is 0 Å². The number of rotatable bonds is 3. The van der Waals surface area contributed by atoms with Crippen molar-refractivity contribution in [3.8, 4) is 5.75 Å². The van der Waals surface area contributed by atoms with E-state index in [4.69, 9.17) is 16.3 Å². The van der Waals surface area contributed by atoms with Gasteiger partial charge in [-0.1, -0.05) is 11.6 Å². The highest BCUT2D eigenvalue weighted by atomic mass is 35.5. The standard InChI is InChI=1S/C10H11ClN2O/c1-12-9-6-7(14-3)4-5-8(9)10(11)13-2/h4-6H,1H2,2-3H3. The van der Waals surface area contributed by atoms with Gasteiger partial charge in [0.2, 0.25) is 0 Å². The van der Waals surface area contributed by atoms with Gasteiger partial charge in [0.15, 0.2) is 0 Å². The Balaban J connectivity index is 3.25. The first kappa shape index (κ1) is 10.7. The summed E-state index contributed by atoms with van der Waals surface area (Å²) in [6.07, 6.45) is 0. The monoisotopic (exact) mass is 210 g/mol. The van der Waals surface area contributed by atoms with Crippen LogP contribution in [0, 0.1) is 0 Å². The highest BCUT2D eigenvalue weighted by Gasteiger charge is 2.06. The number of methoxy groups -OCH3 is 1. The van der Waals surface area contributed by atoms with Crippen molar-refractivity contribution < 1.29 is 4.74 Å². The predicted octanol–water partition coefficient (Wildman–Crippen LogP) is 2.64. The van der Waals surface area contributed by atoms with Gasteiger partial charge in [-0.3, -0.25) is 9.98 Å². The van der Waals surface area contributed by atoms with Gasteiger partial charge in [-0.25, -0.2) is 0 Å². The number of aliphatic imine (C=N–C) groups is 2. The van der Waals surface area contributed by atoms with Crippen LogP contribution in [0.3, 0.4) is 0 Å². The molecule has 0 bridgehead atoms. The summed E-state index contributed by atoms with van der Waals surface area (Å²) in [6.45, 7) is 3.46. The fourth-order valence-corrected chi connectivity index (χ4v) is 1.22. The van der Waals surface area contributed by atoms with E-state index in [9.17, 15) is 0 Å². The zero-order valence-corrected chi connectivity index (χ0v) is 8.88. The summed E-state index contributed by atoms with van der Waals surface area (Å²) in [5, 5.41) is 0.412. The zero-order valence-electron chi connectivity index (χ0n) is 8.12. The SMILES string of the molecule is C=Nc1cc(OC)ccc1C(Cl)=NC. The first-order valence-corrected chi connectivity index (χ1v) is 4.38. The molecule has 1 aromatic rings. The average Bonchev–Trinajstić information content (AvgIpc) is 2.27. The van der Waals surface area contributed by atoms with Crippen LogP contribution in [0.5, 0.6) is 5.75 Å². The smallest absolute Gasteiger partial charge is 0.132 e. The molecule has 14 heavy (non-hydrogen) atoms. The van der Waals surface area contributed by atoms with Gasteiger partial charge in [-0.15, -0.1) is 0 Å².